The number of carbonyl (C=O) groups excluding carboxylic acids is 1. The zero-order valence-corrected chi connectivity index (χ0v) is 16.4. The predicted octanol–water partition coefficient (Wildman–Crippen LogP) is 5.51. The van der Waals surface area contributed by atoms with Crippen LogP contribution >= 0.6 is 0 Å². The maximum absolute atomic E-state index is 12.9. The van der Waals surface area contributed by atoms with Crippen LogP contribution < -0.4 is 4.74 Å². The van der Waals surface area contributed by atoms with Gasteiger partial charge in [0.2, 0.25) is 0 Å². The van der Waals surface area contributed by atoms with E-state index in [4.69, 9.17) is 9.47 Å². The number of fused-ring (bicyclic) bond motifs is 1. The van der Waals surface area contributed by atoms with Gasteiger partial charge in [0.25, 0.3) is 0 Å². The Kier molecular flexibility index (Phi) is 5.61. The molecule has 4 aromatic rings. The van der Waals surface area contributed by atoms with Gasteiger partial charge in [0.15, 0.2) is 0 Å². The Morgan fingerprint density at radius 1 is 0.862 bits per heavy atom. The van der Waals surface area contributed by atoms with Crippen LogP contribution in [0.25, 0.3) is 10.9 Å². The van der Waals surface area contributed by atoms with Crippen LogP contribution in [-0.2, 0) is 17.8 Å². The van der Waals surface area contributed by atoms with Crippen LogP contribution in [0, 0.1) is 0 Å². The van der Waals surface area contributed by atoms with E-state index in [0.29, 0.717) is 30.9 Å². The Hall–Kier alpha value is -3.53. The number of esters is 1. The molecule has 0 aliphatic carbocycles. The summed E-state index contributed by atoms with van der Waals surface area (Å²) in [5.74, 6) is 0.338. The lowest BCUT2D eigenvalue weighted by Crippen LogP contribution is -2.08. The molecule has 0 saturated heterocycles. The number of aromatic nitrogens is 1. The Labute approximate surface area is 170 Å². The van der Waals surface area contributed by atoms with E-state index in [1.165, 1.54) is 0 Å². The maximum Gasteiger partial charge on any atom is 0.340 e. The largest absolute Gasteiger partial charge is 0.488 e. The topological polar surface area (TPSA) is 51.3 Å². The van der Waals surface area contributed by atoms with Crippen LogP contribution in [0.4, 0.5) is 0 Å². The lowest BCUT2D eigenvalue weighted by atomic mass is 10.0. The molecule has 0 spiro atoms. The van der Waals surface area contributed by atoms with Crippen molar-refractivity contribution in [1.29, 1.82) is 0 Å². The van der Waals surface area contributed by atoms with E-state index in [2.05, 4.69) is 4.98 Å². The van der Waals surface area contributed by atoms with Crippen molar-refractivity contribution < 1.29 is 14.3 Å². The van der Waals surface area contributed by atoms with E-state index in [-0.39, 0.29) is 5.97 Å². The minimum absolute atomic E-state index is 0.323. The monoisotopic (exact) mass is 385 g/mol. The summed E-state index contributed by atoms with van der Waals surface area (Å²) >= 11 is 0. The smallest absolute Gasteiger partial charge is 0.340 e. The Balaban J connectivity index is 1.75. The van der Waals surface area contributed by atoms with E-state index in [1.807, 2.05) is 85.8 Å². The quantitative estimate of drug-likeness (QED) is 0.427. The molecule has 29 heavy (non-hydrogen) atoms. The van der Waals surface area contributed by atoms with Gasteiger partial charge in [0.1, 0.15) is 12.4 Å². The molecule has 1 N–H and O–H groups in total. The molecule has 0 bridgehead atoms. The maximum atomic E-state index is 12.9. The van der Waals surface area contributed by atoms with Gasteiger partial charge < -0.3 is 14.5 Å². The highest BCUT2D eigenvalue weighted by atomic mass is 16.5. The molecule has 4 heteroatoms. The van der Waals surface area contributed by atoms with Crippen molar-refractivity contribution in [2.75, 3.05) is 6.61 Å². The van der Waals surface area contributed by atoms with Gasteiger partial charge in [-0.05, 0) is 30.2 Å². The number of H-pyrrole nitrogens is 1. The highest BCUT2D eigenvalue weighted by Gasteiger charge is 2.22. The predicted molar refractivity (Wildman–Crippen MR) is 114 cm³/mol. The van der Waals surface area contributed by atoms with Gasteiger partial charge in [-0.2, -0.15) is 0 Å². The molecular weight excluding hydrogens is 362 g/mol. The molecule has 0 fully saturated rings. The second-order valence-electron chi connectivity index (χ2n) is 6.81. The Bertz CT molecular complexity index is 1100. The molecule has 0 amide bonds. The summed E-state index contributed by atoms with van der Waals surface area (Å²) in [5.41, 5.74) is 4.44. The highest BCUT2D eigenvalue weighted by Crippen LogP contribution is 2.33. The fourth-order valence-electron chi connectivity index (χ4n) is 3.49. The van der Waals surface area contributed by atoms with Gasteiger partial charge in [-0.1, -0.05) is 66.7 Å². The number of ether oxygens (including phenoxy) is 2. The average molecular weight is 385 g/mol. The lowest BCUT2D eigenvalue weighted by Gasteiger charge is -2.10. The van der Waals surface area contributed by atoms with Gasteiger partial charge in [-0.15, -0.1) is 0 Å². The van der Waals surface area contributed by atoms with Crippen molar-refractivity contribution in [3.8, 4) is 5.75 Å². The van der Waals surface area contributed by atoms with Crippen molar-refractivity contribution in [2.24, 2.45) is 0 Å². The highest BCUT2D eigenvalue weighted by molar-refractivity contribution is 6.08. The first kappa shape index (κ1) is 18.8. The molecule has 0 unspecified atom stereocenters. The van der Waals surface area contributed by atoms with Crippen LogP contribution in [0.1, 0.15) is 34.1 Å². The Morgan fingerprint density at radius 2 is 1.55 bits per heavy atom. The molecule has 1 heterocycles. The standard InChI is InChI=1S/C25H23NO3/c1-2-28-25(27)24-21(16-18-10-5-3-6-11-18)26-20-14-9-15-22(23(20)24)29-17-19-12-7-4-8-13-19/h3-15,26H,2,16-17H2,1H3. The summed E-state index contributed by atoms with van der Waals surface area (Å²) < 4.78 is 11.5. The first-order valence-electron chi connectivity index (χ1n) is 9.77. The van der Waals surface area contributed by atoms with Crippen molar-refractivity contribution in [1.82, 2.24) is 4.98 Å². The summed E-state index contributed by atoms with van der Waals surface area (Å²) in [6, 6.07) is 25.8. The van der Waals surface area contributed by atoms with Gasteiger partial charge in [-0.3, -0.25) is 0 Å². The molecule has 0 radical (unpaired) electrons. The number of hydrogen-bond acceptors (Lipinski definition) is 3. The molecule has 146 valence electrons. The number of carbonyl (C=O) groups is 1. The van der Waals surface area contributed by atoms with E-state index in [1.54, 1.807) is 0 Å². The van der Waals surface area contributed by atoms with Crippen LogP contribution in [0.3, 0.4) is 0 Å². The van der Waals surface area contributed by atoms with Crippen molar-refractivity contribution in [3.05, 3.63) is 101 Å². The molecule has 4 nitrogen and oxygen atoms in total. The fraction of sp³-hybridized carbons (Fsp3) is 0.160. The molecular formula is C25H23NO3. The van der Waals surface area contributed by atoms with E-state index in [9.17, 15) is 4.79 Å². The summed E-state index contributed by atoms with van der Waals surface area (Å²) in [4.78, 5) is 16.3. The van der Waals surface area contributed by atoms with Gasteiger partial charge in [0.05, 0.1) is 23.1 Å². The summed E-state index contributed by atoms with van der Waals surface area (Å²) in [7, 11) is 0. The number of aromatic amines is 1. The molecule has 4 rings (SSSR count). The average Bonchev–Trinajstić information content (AvgIpc) is 3.12. The van der Waals surface area contributed by atoms with Crippen LogP contribution in [0.5, 0.6) is 5.75 Å². The number of hydrogen-bond donors (Lipinski definition) is 1. The van der Waals surface area contributed by atoms with E-state index in [0.717, 1.165) is 27.7 Å². The van der Waals surface area contributed by atoms with Crippen LogP contribution in [-0.4, -0.2) is 17.6 Å². The molecule has 0 atom stereocenters. The third-order valence-electron chi connectivity index (χ3n) is 4.80. The lowest BCUT2D eigenvalue weighted by molar-refractivity contribution is 0.0527. The van der Waals surface area contributed by atoms with Crippen LogP contribution in [0.15, 0.2) is 78.9 Å². The SMILES string of the molecule is CCOC(=O)c1c(Cc2ccccc2)[nH]c2cccc(OCc3ccccc3)c12. The minimum atomic E-state index is -0.333. The summed E-state index contributed by atoms with van der Waals surface area (Å²) in [6.45, 7) is 2.57. The third kappa shape index (κ3) is 4.16. The second-order valence-corrected chi connectivity index (χ2v) is 6.81. The van der Waals surface area contributed by atoms with Crippen molar-refractivity contribution in [2.45, 2.75) is 20.0 Å². The summed E-state index contributed by atoms with van der Waals surface area (Å²) in [6.07, 6.45) is 0.613. The number of rotatable bonds is 7. The fourth-order valence-corrected chi connectivity index (χ4v) is 3.49. The van der Waals surface area contributed by atoms with Gasteiger partial charge in [-0.25, -0.2) is 4.79 Å². The van der Waals surface area contributed by atoms with Crippen molar-refractivity contribution >= 4 is 16.9 Å². The normalized spacial score (nSPS) is 10.8. The zero-order chi connectivity index (χ0) is 20.1. The first-order valence-corrected chi connectivity index (χ1v) is 9.77. The zero-order valence-electron chi connectivity index (χ0n) is 16.4. The first-order chi connectivity index (χ1) is 14.3. The number of benzene rings is 3. The molecule has 0 aliphatic rings. The molecule has 1 aromatic heterocycles. The van der Waals surface area contributed by atoms with Gasteiger partial charge in [0, 0.05) is 12.1 Å². The molecule has 0 saturated carbocycles. The van der Waals surface area contributed by atoms with Gasteiger partial charge >= 0.3 is 5.97 Å². The third-order valence-corrected chi connectivity index (χ3v) is 4.80. The Morgan fingerprint density at radius 3 is 2.24 bits per heavy atom. The van der Waals surface area contributed by atoms with E-state index < -0.39 is 0 Å². The molecule has 3 aromatic carbocycles. The summed E-state index contributed by atoms with van der Waals surface area (Å²) in [5, 5.41) is 0.771. The number of nitrogens with one attached hydrogen (secondary N) is 1. The minimum Gasteiger partial charge on any atom is -0.488 e. The van der Waals surface area contributed by atoms with Crippen molar-refractivity contribution in [3.63, 3.8) is 0 Å². The van der Waals surface area contributed by atoms with Crippen LogP contribution in [0.2, 0.25) is 0 Å². The van der Waals surface area contributed by atoms with E-state index >= 15 is 0 Å². The molecule has 0 aliphatic heterocycles. The second kappa shape index (κ2) is 8.65.